The molecule has 2 aromatic heterocycles. The Morgan fingerprint density at radius 1 is 1.04 bits per heavy atom. The Balaban J connectivity index is 1.38. The molecule has 0 fully saturated rings. The van der Waals surface area contributed by atoms with E-state index in [0.29, 0.717) is 23.9 Å². The summed E-state index contributed by atoms with van der Waals surface area (Å²) in [6.07, 6.45) is 6.29. The van der Waals surface area contributed by atoms with Crippen molar-refractivity contribution in [3.05, 3.63) is 66.4 Å². The number of pyridine rings is 1. The summed E-state index contributed by atoms with van der Waals surface area (Å²) >= 11 is 0. The van der Waals surface area contributed by atoms with Gasteiger partial charge in [-0.15, -0.1) is 0 Å². The second-order valence-corrected chi connectivity index (χ2v) is 5.52. The van der Waals surface area contributed by atoms with Gasteiger partial charge in [-0.2, -0.15) is 0 Å². The van der Waals surface area contributed by atoms with Crippen LogP contribution < -0.4 is 20.1 Å². The molecule has 0 atom stereocenters. The second-order valence-electron chi connectivity index (χ2n) is 5.52. The van der Waals surface area contributed by atoms with E-state index in [0.717, 1.165) is 11.3 Å². The van der Waals surface area contributed by atoms with E-state index in [4.69, 9.17) is 9.47 Å². The smallest absolute Gasteiger partial charge is 0.271 e. The lowest BCUT2D eigenvalue weighted by Crippen LogP contribution is -2.24. The molecule has 3 heterocycles. The monoisotopic (exact) mass is 349 g/mol. The molecule has 130 valence electrons. The van der Waals surface area contributed by atoms with Crippen LogP contribution in [0.5, 0.6) is 11.5 Å². The molecule has 8 heteroatoms. The van der Waals surface area contributed by atoms with Crippen molar-refractivity contribution in [1.29, 1.82) is 0 Å². The van der Waals surface area contributed by atoms with Gasteiger partial charge in [0.1, 0.15) is 11.5 Å². The molecule has 1 aliphatic rings. The van der Waals surface area contributed by atoms with Gasteiger partial charge in [0.05, 0.1) is 12.4 Å². The molecule has 8 nitrogen and oxygen atoms in total. The average Bonchev–Trinajstić information content (AvgIpc) is 3.15. The van der Waals surface area contributed by atoms with Gasteiger partial charge in [0.2, 0.25) is 6.79 Å². The Hall–Kier alpha value is -3.68. The number of benzene rings is 1. The first-order valence-electron chi connectivity index (χ1n) is 7.94. The molecule has 1 aromatic carbocycles. The predicted molar refractivity (Wildman–Crippen MR) is 93.3 cm³/mol. The molecule has 0 radical (unpaired) electrons. The van der Waals surface area contributed by atoms with E-state index in [9.17, 15) is 4.79 Å². The van der Waals surface area contributed by atoms with Crippen LogP contribution in [-0.2, 0) is 6.54 Å². The minimum absolute atomic E-state index is 0.224. The van der Waals surface area contributed by atoms with Crippen molar-refractivity contribution in [3.8, 4) is 11.5 Å². The zero-order valence-corrected chi connectivity index (χ0v) is 13.7. The molecule has 2 N–H and O–H groups in total. The van der Waals surface area contributed by atoms with E-state index in [2.05, 4.69) is 25.6 Å². The molecule has 0 saturated heterocycles. The fourth-order valence-corrected chi connectivity index (χ4v) is 2.41. The maximum Gasteiger partial charge on any atom is 0.271 e. The summed E-state index contributed by atoms with van der Waals surface area (Å²) in [5.74, 6) is 1.62. The van der Waals surface area contributed by atoms with Gasteiger partial charge in [-0.3, -0.25) is 9.78 Å². The number of carbonyl (C=O) groups is 1. The first-order chi connectivity index (χ1) is 12.8. The van der Waals surface area contributed by atoms with Gasteiger partial charge in [0.25, 0.3) is 5.91 Å². The molecule has 4 rings (SSSR count). The van der Waals surface area contributed by atoms with Gasteiger partial charge >= 0.3 is 0 Å². The fourth-order valence-electron chi connectivity index (χ4n) is 2.41. The van der Waals surface area contributed by atoms with E-state index in [1.54, 1.807) is 12.4 Å². The number of hydrogen-bond donors (Lipinski definition) is 2. The Kier molecular flexibility index (Phi) is 4.29. The highest BCUT2D eigenvalue weighted by Gasteiger charge is 2.13. The number of nitrogens with zero attached hydrogens (tertiary/aromatic N) is 3. The van der Waals surface area contributed by atoms with Gasteiger partial charge in [-0.25, -0.2) is 9.97 Å². The van der Waals surface area contributed by atoms with Crippen LogP contribution >= 0.6 is 0 Å². The summed E-state index contributed by atoms with van der Waals surface area (Å²) < 4.78 is 10.6. The van der Waals surface area contributed by atoms with Crippen LogP contribution in [0, 0.1) is 0 Å². The highest BCUT2D eigenvalue weighted by molar-refractivity contribution is 5.92. The molecule has 0 bridgehead atoms. The van der Waals surface area contributed by atoms with Crippen LogP contribution in [0.25, 0.3) is 0 Å². The van der Waals surface area contributed by atoms with Gasteiger partial charge in [0, 0.05) is 30.7 Å². The van der Waals surface area contributed by atoms with Crippen molar-refractivity contribution in [2.45, 2.75) is 6.54 Å². The van der Waals surface area contributed by atoms with Gasteiger partial charge in [-0.1, -0.05) is 0 Å². The third kappa shape index (κ3) is 3.54. The van der Waals surface area contributed by atoms with Crippen LogP contribution in [0.15, 0.2) is 55.1 Å². The van der Waals surface area contributed by atoms with Crippen molar-refractivity contribution < 1.29 is 14.3 Å². The Labute approximate surface area is 149 Å². The largest absolute Gasteiger partial charge is 0.454 e. The maximum absolute atomic E-state index is 12.1. The lowest BCUT2D eigenvalue weighted by atomic mass is 10.2. The molecular formula is C18H15N5O3. The highest BCUT2D eigenvalue weighted by Crippen LogP contribution is 2.34. The molecule has 0 aliphatic carbocycles. The number of ether oxygens (including phenoxy) is 2. The van der Waals surface area contributed by atoms with Crippen molar-refractivity contribution in [2.24, 2.45) is 0 Å². The molecule has 1 amide bonds. The first kappa shape index (κ1) is 15.8. The lowest BCUT2D eigenvalue weighted by molar-refractivity contribution is 0.0945. The van der Waals surface area contributed by atoms with Crippen molar-refractivity contribution in [1.82, 2.24) is 20.3 Å². The van der Waals surface area contributed by atoms with Gasteiger partial charge in [-0.05, 0) is 29.8 Å². The number of hydrogen-bond acceptors (Lipinski definition) is 7. The maximum atomic E-state index is 12.1. The molecule has 3 aromatic rings. The van der Waals surface area contributed by atoms with Gasteiger partial charge in [0.15, 0.2) is 11.5 Å². The summed E-state index contributed by atoms with van der Waals surface area (Å²) in [6.45, 7) is 0.627. The predicted octanol–water partition coefficient (Wildman–Crippen LogP) is 2.27. The zero-order valence-electron chi connectivity index (χ0n) is 13.7. The topological polar surface area (TPSA) is 98.3 Å². The minimum Gasteiger partial charge on any atom is -0.454 e. The first-order valence-corrected chi connectivity index (χ1v) is 7.94. The SMILES string of the molecule is O=C(NCc1ccncc1)c1cnc(Nc2ccc3c(c2)OCO3)cn1. The Morgan fingerprint density at radius 3 is 2.69 bits per heavy atom. The van der Waals surface area contributed by atoms with Crippen LogP contribution in [0.2, 0.25) is 0 Å². The summed E-state index contributed by atoms with van der Waals surface area (Å²) in [5, 5.41) is 5.90. The normalized spacial score (nSPS) is 11.8. The third-order valence-corrected chi connectivity index (χ3v) is 3.73. The number of aromatic nitrogens is 3. The molecule has 1 aliphatic heterocycles. The number of anilines is 2. The third-order valence-electron chi connectivity index (χ3n) is 3.73. The van der Waals surface area contributed by atoms with E-state index >= 15 is 0 Å². The van der Waals surface area contributed by atoms with Crippen LogP contribution in [0.3, 0.4) is 0 Å². The number of rotatable bonds is 5. The summed E-state index contributed by atoms with van der Waals surface area (Å²) in [7, 11) is 0. The van der Waals surface area contributed by atoms with Gasteiger partial charge < -0.3 is 20.1 Å². The minimum atomic E-state index is -0.288. The fraction of sp³-hybridized carbons (Fsp3) is 0.111. The molecular weight excluding hydrogens is 334 g/mol. The summed E-state index contributed by atoms with van der Waals surface area (Å²) in [4.78, 5) is 24.5. The number of carbonyl (C=O) groups excluding carboxylic acids is 1. The molecule has 0 unspecified atom stereocenters. The van der Waals surface area contributed by atoms with Crippen molar-refractivity contribution in [3.63, 3.8) is 0 Å². The molecule has 26 heavy (non-hydrogen) atoms. The van der Waals surface area contributed by atoms with Crippen LogP contribution in [0.4, 0.5) is 11.5 Å². The standard InChI is InChI=1S/C18H15N5O3/c24-18(22-8-12-3-5-19-6-4-12)14-9-21-17(10-20-14)23-13-1-2-15-16(7-13)26-11-25-15/h1-7,9-10H,8,11H2,(H,21,23)(H,22,24). The number of amides is 1. The number of fused-ring (bicyclic) bond motifs is 1. The van der Waals surface area contributed by atoms with Crippen molar-refractivity contribution in [2.75, 3.05) is 12.1 Å². The molecule has 0 saturated carbocycles. The van der Waals surface area contributed by atoms with Crippen molar-refractivity contribution >= 4 is 17.4 Å². The average molecular weight is 349 g/mol. The number of nitrogens with one attached hydrogen (secondary N) is 2. The zero-order chi connectivity index (χ0) is 17.8. The quantitative estimate of drug-likeness (QED) is 0.729. The highest BCUT2D eigenvalue weighted by atomic mass is 16.7. The summed E-state index contributed by atoms with van der Waals surface area (Å²) in [6, 6.07) is 9.16. The van der Waals surface area contributed by atoms with E-state index in [-0.39, 0.29) is 18.4 Å². The second kappa shape index (κ2) is 7.06. The Morgan fingerprint density at radius 2 is 1.88 bits per heavy atom. The van der Waals surface area contributed by atoms with E-state index in [1.165, 1.54) is 12.4 Å². The van der Waals surface area contributed by atoms with Crippen LogP contribution in [-0.4, -0.2) is 27.7 Å². The lowest BCUT2D eigenvalue weighted by Gasteiger charge is -2.07. The van der Waals surface area contributed by atoms with E-state index in [1.807, 2.05) is 30.3 Å². The Bertz CT molecular complexity index is 916. The molecule has 0 spiro atoms. The van der Waals surface area contributed by atoms with Crippen LogP contribution in [0.1, 0.15) is 16.1 Å². The van der Waals surface area contributed by atoms with E-state index < -0.39 is 0 Å². The summed E-state index contributed by atoms with van der Waals surface area (Å²) in [5.41, 5.74) is 2.00.